The molecule has 2 fully saturated rings. The zero-order chi connectivity index (χ0) is 20.1. The molecule has 2 atom stereocenters. The molecule has 0 spiro atoms. The number of carbonyl (C=O) groups excluding carboxylic acids is 1. The number of pyridine rings is 1. The summed E-state index contributed by atoms with van der Waals surface area (Å²) in [7, 11) is 0. The fraction of sp³-hybridized carbons (Fsp3) is 0.318. The minimum Gasteiger partial charge on any atom is -0.371 e. The number of aromatic amines is 1. The van der Waals surface area contributed by atoms with Crippen molar-refractivity contribution < 1.29 is 14.3 Å². The van der Waals surface area contributed by atoms with E-state index in [1.807, 2.05) is 42.9 Å². The van der Waals surface area contributed by atoms with Crippen molar-refractivity contribution >= 4 is 28.0 Å². The molecule has 152 valence electrons. The molecule has 2 aliphatic heterocycles. The van der Waals surface area contributed by atoms with Crippen LogP contribution in [-0.2, 0) is 9.47 Å². The number of nitrogens with one attached hydrogen (secondary N) is 1. The van der Waals surface area contributed by atoms with E-state index in [-0.39, 0.29) is 24.2 Å². The maximum atomic E-state index is 13.0. The number of H-pyrrole nitrogens is 1. The van der Waals surface area contributed by atoms with Crippen LogP contribution in [0.2, 0.25) is 0 Å². The van der Waals surface area contributed by atoms with Gasteiger partial charge < -0.3 is 23.9 Å². The Morgan fingerprint density at radius 3 is 2.70 bits per heavy atom. The van der Waals surface area contributed by atoms with Crippen LogP contribution in [-0.4, -0.2) is 68.8 Å². The molecular weight excluding hydrogens is 382 g/mol. The molecule has 6 rings (SSSR count). The number of carbonyl (C=O) groups is 1. The van der Waals surface area contributed by atoms with Gasteiger partial charge >= 0.3 is 0 Å². The number of rotatable bonds is 2. The molecule has 0 aliphatic carbocycles. The summed E-state index contributed by atoms with van der Waals surface area (Å²) in [5.41, 5.74) is 3.40. The van der Waals surface area contributed by atoms with Gasteiger partial charge in [-0.25, -0.2) is 9.97 Å². The average Bonchev–Trinajstić information content (AvgIpc) is 3.49. The van der Waals surface area contributed by atoms with Crippen molar-refractivity contribution in [3.05, 3.63) is 60.7 Å². The topological polar surface area (TPSA) is 85.3 Å². The third-order valence-corrected chi connectivity index (χ3v) is 6.03. The predicted octanol–water partition coefficient (Wildman–Crippen LogP) is 2.39. The van der Waals surface area contributed by atoms with Crippen LogP contribution in [0, 0.1) is 0 Å². The Morgan fingerprint density at radius 2 is 1.87 bits per heavy atom. The van der Waals surface area contributed by atoms with E-state index in [1.54, 1.807) is 11.1 Å². The SMILES string of the molecule is O=C(c1cnc2[nH]ccc2c1)N1C[C@@H]2OCC(n3cnc4ccccc43)CO[C@H]2C1. The predicted molar refractivity (Wildman–Crippen MR) is 110 cm³/mol. The zero-order valence-electron chi connectivity index (χ0n) is 16.3. The summed E-state index contributed by atoms with van der Waals surface area (Å²) in [4.78, 5) is 26.6. The number of aromatic nitrogens is 4. The van der Waals surface area contributed by atoms with E-state index in [4.69, 9.17) is 9.47 Å². The summed E-state index contributed by atoms with van der Waals surface area (Å²) in [6.45, 7) is 2.10. The second-order valence-corrected chi connectivity index (χ2v) is 7.89. The molecule has 1 amide bonds. The van der Waals surface area contributed by atoms with Crippen LogP contribution < -0.4 is 0 Å². The number of hydrogen-bond donors (Lipinski definition) is 1. The van der Waals surface area contributed by atoms with Gasteiger partial charge in [-0.05, 0) is 24.3 Å². The number of ether oxygens (including phenoxy) is 2. The van der Waals surface area contributed by atoms with E-state index in [2.05, 4.69) is 25.6 Å². The number of amides is 1. The number of hydrogen-bond acceptors (Lipinski definition) is 5. The lowest BCUT2D eigenvalue weighted by molar-refractivity contribution is -0.00461. The molecule has 4 aromatic rings. The first-order valence-corrected chi connectivity index (χ1v) is 10.1. The Hall–Kier alpha value is -3.23. The van der Waals surface area contributed by atoms with E-state index in [1.165, 1.54) is 0 Å². The molecule has 5 heterocycles. The molecule has 3 aromatic heterocycles. The van der Waals surface area contributed by atoms with Gasteiger partial charge in [0.05, 0.1) is 42.2 Å². The lowest BCUT2D eigenvalue weighted by Crippen LogP contribution is -2.31. The molecule has 0 radical (unpaired) electrons. The van der Waals surface area contributed by atoms with E-state index in [0.29, 0.717) is 31.9 Å². The molecule has 1 aromatic carbocycles. The average molecular weight is 403 g/mol. The minimum atomic E-state index is -0.127. The summed E-state index contributed by atoms with van der Waals surface area (Å²) in [5.74, 6) is -0.0389. The standard InChI is InChI=1S/C22H21N5O3/c28-22(15-7-14-5-6-23-21(14)24-8-15)26-9-19-20(10-26)30-12-16(11-29-19)27-13-25-17-3-1-2-4-18(17)27/h1-8,13,16,19-20H,9-12H2,(H,23,24)/t19-,20-/m0/s1. The van der Waals surface area contributed by atoms with Crippen LogP contribution >= 0.6 is 0 Å². The van der Waals surface area contributed by atoms with Crippen molar-refractivity contribution in [1.29, 1.82) is 0 Å². The number of para-hydroxylation sites is 2. The summed E-state index contributed by atoms with van der Waals surface area (Å²) in [6.07, 6.45) is 5.04. The molecule has 2 aliphatic rings. The van der Waals surface area contributed by atoms with Gasteiger partial charge in [0.1, 0.15) is 17.9 Å². The van der Waals surface area contributed by atoms with Gasteiger partial charge in [0.2, 0.25) is 0 Å². The minimum absolute atomic E-state index is 0.0389. The highest BCUT2D eigenvalue weighted by molar-refractivity contribution is 5.97. The Kier molecular flexibility index (Phi) is 4.07. The lowest BCUT2D eigenvalue weighted by atomic mass is 10.2. The van der Waals surface area contributed by atoms with Gasteiger partial charge in [-0.1, -0.05) is 12.1 Å². The van der Waals surface area contributed by atoms with Crippen molar-refractivity contribution in [3.8, 4) is 0 Å². The van der Waals surface area contributed by atoms with E-state index >= 15 is 0 Å². The first-order chi connectivity index (χ1) is 14.8. The van der Waals surface area contributed by atoms with Gasteiger partial charge in [-0.3, -0.25) is 4.79 Å². The molecule has 30 heavy (non-hydrogen) atoms. The third-order valence-electron chi connectivity index (χ3n) is 6.03. The van der Waals surface area contributed by atoms with E-state index < -0.39 is 0 Å². The number of fused-ring (bicyclic) bond motifs is 3. The first kappa shape index (κ1) is 17.6. The molecule has 1 N–H and O–H groups in total. The van der Waals surface area contributed by atoms with Crippen molar-refractivity contribution in [3.63, 3.8) is 0 Å². The maximum Gasteiger partial charge on any atom is 0.255 e. The van der Waals surface area contributed by atoms with Gasteiger partial charge in [0.15, 0.2) is 0 Å². The molecule has 0 saturated carbocycles. The number of likely N-dealkylation sites (tertiary alicyclic amines) is 1. The Bertz CT molecular complexity index is 1220. The van der Waals surface area contributed by atoms with Gasteiger partial charge in [0.25, 0.3) is 5.91 Å². The maximum absolute atomic E-state index is 13.0. The van der Waals surface area contributed by atoms with Crippen LogP contribution in [0.25, 0.3) is 22.1 Å². The summed E-state index contributed by atoms with van der Waals surface area (Å²) in [6, 6.07) is 11.9. The van der Waals surface area contributed by atoms with Crippen LogP contribution in [0.1, 0.15) is 16.4 Å². The zero-order valence-corrected chi connectivity index (χ0v) is 16.3. The fourth-order valence-electron chi connectivity index (χ4n) is 4.42. The summed E-state index contributed by atoms with van der Waals surface area (Å²) < 4.78 is 14.5. The van der Waals surface area contributed by atoms with Crippen molar-refractivity contribution in [1.82, 2.24) is 24.4 Å². The molecule has 0 bridgehead atoms. The number of benzene rings is 1. The Morgan fingerprint density at radius 1 is 1.07 bits per heavy atom. The quantitative estimate of drug-likeness (QED) is 0.556. The number of imidazole rings is 1. The van der Waals surface area contributed by atoms with Crippen molar-refractivity contribution in [2.75, 3.05) is 26.3 Å². The highest BCUT2D eigenvalue weighted by atomic mass is 16.6. The van der Waals surface area contributed by atoms with Crippen LogP contribution in [0.15, 0.2) is 55.1 Å². The number of nitrogens with zero attached hydrogens (tertiary/aromatic N) is 4. The largest absolute Gasteiger partial charge is 0.371 e. The third kappa shape index (κ3) is 2.88. The monoisotopic (exact) mass is 403 g/mol. The molecule has 2 saturated heterocycles. The summed E-state index contributed by atoms with van der Waals surface area (Å²) in [5, 5.41) is 0.928. The second-order valence-electron chi connectivity index (χ2n) is 7.89. The van der Waals surface area contributed by atoms with Gasteiger partial charge in [0, 0.05) is 30.9 Å². The lowest BCUT2D eigenvalue weighted by Gasteiger charge is -2.20. The molecule has 8 nitrogen and oxygen atoms in total. The fourth-order valence-corrected chi connectivity index (χ4v) is 4.42. The van der Waals surface area contributed by atoms with E-state index in [0.717, 1.165) is 22.1 Å². The van der Waals surface area contributed by atoms with Crippen molar-refractivity contribution in [2.24, 2.45) is 0 Å². The molecule has 0 unspecified atom stereocenters. The second kappa shape index (κ2) is 6.93. The first-order valence-electron chi connectivity index (χ1n) is 10.1. The van der Waals surface area contributed by atoms with Gasteiger partial charge in [-0.2, -0.15) is 0 Å². The highest BCUT2D eigenvalue weighted by Crippen LogP contribution is 2.27. The van der Waals surface area contributed by atoms with Crippen LogP contribution in [0.5, 0.6) is 0 Å². The molecular formula is C22H21N5O3. The van der Waals surface area contributed by atoms with Crippen molar-refractivity contribution in [2.45, 2.75) is 18.2 Å². The Labute approximate surface area is 172 Å². The normalized spacial score (nSPS) is 22.5. The van der Waals surface area contributed by atoms with E-state index in [9.17, 15) is 4.79 Å². The van der Waals surface area contributed by atoms with Crippen LogP contribution in [0.4, 0.5) is 0 Å². The smallest absolute Gasteiger partial charge is 0.255 e. The highest BCUT2D eigenvalue weighted by Gasteiger charge is 2.40. The van der Waals surface area contributed by atoms with Gasteiger partial charge in [-0.15, -0.1) is 0 Å². The molecule has 8 heteroatoms. The Balaban J connectivity index is 1.16. The summed E-state index contributed by atoms with van der Waals surface area (Å²) >= 11 is 0. The van der Waals surface area contributed by atoms with Crippen LogP contribution in [0.3, 0.4) is 0 Å².